The molecule has 228 valence electrons. The van der Waals surface area contributed by atoms with Crippen LogP contribution >= 0.6 is 11.6 Å². The third kappa shape index (κ3) is 6.50. The average molecular weight is 632 g/mol. The molecule has 2 aromatic carbocycles. The fourth-order valence-electron chi connectivity index (χ4n) is 5.70. The van der Waals surface area contributed by atoms with Crippen LogP contribution in [-0.2, 0) is 19.4 Å². The van der Waals surface area contributed by atoms with Crippen LogP contribution in [0, 0.1) is 29.3 Å². The Kier molecular flexibility index (Phi) is 9.38. The molecule has 4 rings (SSSR count). The molecule has 2 aliphatic carbocycles. The molecule has 10 nitrogen and oxygen atoms in total. The van der Waals surface area contributed by atoms with Gasteiger partial charge < -0.3 is 25.8 Å². The van der Waals surface area contributed by atoms with Gasteiger partial charge in [-0.1, -0.05) is 11.6 Å². The van der Waals surface area contributed by atoms with Gasteiger partial charge in [-0.2, -0.15) is 0 Å². The second-order valence-corrected chi connectivity index (χ2v) is 13.0. The normalized spacial score (nSPS) is 23.2. The van der Waals surface area contributed by atoms with E-state index in [1.807, 2.05) is 0 Å². The predicted octanol–water partition coefficient (Wildman–Crippen LogP) is 3.57. The number of carbonyl (C=O) groups excluding carboxylic acids is 3. The summed E-state index contributed by atoms with van der Waals surface area (Å²) in [6.07, 6.45) is 0.572. The summed E-state index contributed by atoms with van der Waals surface area (Å²) < 4.78 is 72.2. The molecule has 2 aromatic rings. The molecule has 3 amide bonds. The van der Waals surface area contributed by atoms with Gasteiger partial charge in [0.2, 0.25) is 5.91 Å². The van der Waals surface area contributed by atoms with E-state index in [9.17, 15) is 41.1 Å². The summed E-state index contributed by atoms with van der Waals surface area (Å²) >= 11 is 6.24. The lowest BCUT2D eigenvalue weighted by Gasteiger charge is -2.42. The van der Waals surface area contributed by atoms with Gasteiger partial charge in [-0.05, 0) is 55.7 Å². The Balaban J connectivity index is 1.45. The lowest BCUT2D eigenvalue weighted by Crippen LogP contribution is -2.54. The number of anilines is 1. The van der Waals surface area contributed by atoms with Crippen LogP contribution in [0.2, 0.25) is 5.02 Å². The average Bonchev–Trinajstić information content (AvgIpc) is 3.09. The van der Waals surface area contributed by atoms with Gasteiger partial charge in [0, 0.05) is 42.9 Å². The first-order chi connectivity index (χ1) is 19.8. The van der Waals surface area contributed by atoms with Crippen LogP contribution in [0.1, 0.15) is 42.5 Å². The lowest BCUT2D eigenvalue weighted by atomic mass is 9.74. The standard InChI is InChI=1S/C27H29ClF3N3O7S/c1-41-26(37)32-7-6-23(35)33-13-27(38)15-3-4-16(27)10-18(9-15)42(39,40)22-8-14(2-5-19(22)28)25(36)34-17-11-20(29)24(31)21(30)12-17/h2,5,8,11-12,15-16,18,38H,3-4,6-7,9-10,13H2,1H3,(H,32,37)(H,33,35)(H,34,36)/t15?,16?,18-,27-. The summed E-state index contributed by atoms with van der Waals surface area (Å²) in [7, 11) is -2.91. The number of halogens is 4. The maximum atomic E-state index is 13.7. The lowest BCUT2D eigenvalue weighted by molar-refractivity contribution is -0.124. The van der Waals surface area contributed by atoms with Crippen molar-refractivity contribution in [2.24, 2.45) is 11.8 Å². The second-order valence-electron chi connectivity index (χ2n) is 10.4. The zero-order chi connectivity index (χ0) is 30.8. The highest BCUT2D eigenvalue weighted by atomic mass is 35.5. The SMILES string of the molecule is COC(=O)NCCC(=O)NC[C@]1(O)C2CCC1C[C@@H](S(=O)(=O)c1cc(C(=O)Nc3cc(F)c(F)c(F)c3)ccc1Cl)C2. The number of aliphatic hydroxyl groups is 1. The van der Waals surface area contributed by atoms with Gasteiger partial charge in [0.15, 0.2) is 27.3 Å². The van der Waals surface area contributed by atoms with Gasteiger partial charge in [-0.3, -0.25) is 9.59 Å². The van der Waals surface area contributed by atoms with Gasteiger partial charge in [0.05, 0.1) is 27.9 Å². The Labute approximate surface area is 244 Å². The molecule has 0 aliphatic heterocycles. The Morgan fingerprint density at radius 1 is 1.05 bits per heavy atom. The fourth-order valence-corrected chi connectivity index (χ4v) is 8.11. The fraction of sp³-hybridized carbons (Fsp3) is 0.444. The van der Waals surface area contributed by atoms with E-state index in [-0.39, 0.29) is 53.5 Å². The Hall–Kier alpha value is -3.36. The van der Waals surface area contributed by atoms with Crippen molar-refractivity contribution in [2.45, 2.75) is 47.9 Å². The number of amides is 3. The molecule has 4 N–H and O–H groups in total. The Bertz CT molecular complexity index is 1470. The van der Waals surface area contributed by atoms with Crippen molar-refractivity contribution in [3.05, 3.63) is 58.4 Å². The quantitative estimate of drug-likeness (QED) is 0.309. The summed E-state index contributed by atoms with van der Waals surface area (Å²) in [4.78, 5) is 35.8. The monoisotopic (exact) mass is 631 g/mol. The summed E-state index contributed by atoms with van der Waals surface area (Å²) in [6, 6.07) is 4.69. The van der Waals surface area contributed by atoms with E-state index in [4.69, 9.17) is 11.6 Å². The molecule has 0 radical (unpaired) electrons. The van der Waals surface area contributed by atoms with Crippen LogP contribution in [0.3, 0.4) is 0 Å². The highest BCUT2D eigenvalue weighted by Crippen LogP contribution is 2.52. The van der Waals surface area contributed by atoms with Gasteiger partial charge in [0.25, 0.3) is 5.91 Å². The van der Waals surface area contributed by atoms with Crippen molar-refractivity contribution >= 4 is 45.0 Å². The van der Waals surface area contributed by atoms with Crippen molar-refractivity contribution in [1.29, 1.82) is 0 Å². The zero-order valence-electron chi connectivity index (χ0n) is 22.4. The molecule has 0 heterocycles. The number of alkyl carbamates (subject to hydrolysis) is 1. The Morgan fingerprint density at radius 3 is 2.26 bits per heavy atom. The molecule has 2 atom stereocenters. The minimum absolute atomic E-state index is 0.0367. The number of carbonyl (C=O) groups is 3. The highest BCUT2D eigenvalue weighted by molar-refractivity contribution is 7.92. The molecule has 0 saturated heterocycles. The molecule has 2 bridgehead atoms. The number of ether oxygens (including phenoxy) is 1. The third-order valence-corrected chi connectivity index (χ3v) is 10.6. The summed E-state index contributed by atoms with van der Waals surface area (Å²) in [6.45, 7) is -0.0349. The third-order valence-electron chi connectivity index (χ3n) is 7.93. The summed E-state index contributed by atoms with van der Waals surface area (Å²) in [5.74, 6) is -6.88. The first-order valence-corrected chi connectivity index (χ1v) is 15.0. The molecule has 0 aromatic heterocycles. The number of methoxy groups -OCH3 is 1. The van der Waals surface area contributed by atoms with Crippen LogP contribution in [0.25, 0.3) is 0 Å². The van der Waals surface area contributed by atoms with E-state index >= 15 is 0 Å². The molecular formula is C27H29ClF3N3O7S. The number of nitrogens with one attached hydrogen (secondary N) is 3. The predicted molar refractivity (Wildman–Crippen MR) is 145 cm³/mol. The molecule has 42 heavy (non-hydrogen) atoms. The smallest absolute Gasteiger partial charge is 0.406 e. The first kappa shape index (κ1) is 31.6. The van der Waals surface area contributed by atoms with E-state index in [1.54, 1.807) is 0 Å². The van der Waals surface area contributed by atoms with Crippen molar-refractivity contribution in [2.75, 3.05) is 25.5 Å². The van der Waals surface area contributed by atoms with Crippen LogP contribution in [0.4, 0.5) is 23.7 Å². The maximum Gasteiger partial charge on any atom is 0.406 e. The van der Waals surface area contributed by atoms with E-state index in [2.05, 4.69) is 20.7 Å². The van der Waals surface area contributed by atoms with Crippen LogP contribution in [-0.4, -0.2) is 62.5 Å². The molecule has 15 heteroatoms. The molecule has 0 spiro atoms. The van der Waals surface area contributed by atoms with Crippen molar-refractivity contribution in [1.82, 2.24) is 10.6 Å². The maximum absolute atomic E-state index is 13.7. The molecular weight excluding hydrogens is 603 g/mol. The van der Waals surface area contributed by atoms with Crippen LogP contribution < -0.4 is 16.0 Å². The molecule has 2 fully saturated rings. The van der Waals surface area contributed by atoms with Crippen molar-refractivity contribution in [3.8, 4) is 0 Å². The summed E-state index contributed by atoms with van der Waals surface area (Å²) in [5, 5.41) is 17.6. The zero-order valence-corrected chi connectivity index (χ0v) is 24.0. The van der Waals surface area contributed by atoms with E-state index in [0.717, 1.165) is 6.07 Å². The minimum atomic E-state index is -4.10. The van der Waals surface area contributed by atoms with Crippen LogP contribution in [0.5, 0.6) is 0 Å². The van der Waals surface area contributed by atoms with Gasteiger partial charge >= 0.3 is 6.09 Å². The van der Waals surface area contributed by atoms with Gasteiger partial charge in [0.1, 0.15) is 0 Å². The van der Waals surface area contributed by atoms with Crippen LogP contribution in [0.15, 0.2) is 35.2 Å². The first-order valence-electron chi connectivity index (χ1n) is 13.1. The Morgan fingerprint density at radius 2 is 1.67 bits per heavy atom. The topological polar surface area (TPSA) is 151 Å². The number of fused-ring (bicyclic) bond motifs is 2. The highest BCUT2D eigenvalue weighted by Gasteiger charge is 2.55. The van der Waals surface area contributed by atoms with Crippen molar-refractivity contribution in [3.63, 3.8) is 0 Å². The molecule has 2 saturated carbocycles. The largest absolute Gasteiger partial charge is 0.453 e. The second kappa shape index (κ2) is 12.5. The molecule has 2 aliphatic rings. The molecule has 2 unspecified atom stereocenters. The number of rotatable bonds is 9. The number of hydrogen-bond donors (Lipinski definition) is 4. The van der Waals surface area contributed by atoms with Gasteiger partial charge in [-0.25, -0.2) is 26.4 Å². The number of hydrogen-bond acceptors (Lipinski definition) is 7. The summed E-state index contributed by atoms with van der Waals surface area (Å²) in [5.41, 5.74) is -1.85. The number of sulfone groups is 1. The van der Waals surface area contributed by atoms with E-state index < -0.39 is 67.9 Å². The van der Waals surface area contributed by atoms with E-state index in [0.29, 0.717) is 25.0 Å². The van der Waals surface area contributed by atoms with E-state index in [1.165, 1.54) is 19.2 Å². The minimum Gasteiger partial charge on any atom is -0.453 e. The number of benzene rings is 2. The van der Waals surface area contributed by atoms with Gasteiger partial charge in [-0.15, -0.1) is 0 Å². The van der Waals surface area contributed by atoms with Crippen molar-refractivity contribution < 1.29 is 45.8 Å².